The lowest BCUT2D eigenvalue weighted by molar-refractivity contribution is -0.134. The molecule has 5 nitrogen and oxygen atoms in total. The molecule has 2 aromatic carbocycles. The van der Waals surface area contributed by atoms with Gasteiger partial charge in [0.2, 0.25) is 0 Å². The van der Waals surface area contributed by atoms with E-state index in [1.807, 2.05) is 6.92 Å². The van der Waals surface area contributed by atoms with Gasteiger partial charge in [0, 0.05) is 12.5 Å². The summed E-state index contributed by atoms with van der Waals surface area (Å²) in [7, 11) is 0. The minimum atomic E-state index is -0.287. The second-order valence-corrected chi connectivity index (χ2v) is 5.81. The fraction of sp³-hybridized carbons (Fsp3) is 0.263. The van der Waals surface area contributed by atoms with Gasteiger partial charge < -0.3 is 14.8 Å². The number of hydrogen-bond donors (Lipinski definition) is 1. The summed E-state index contributed by atoms with van der Waals surface area (Å²) in [5, 5.41) is 2.69. The molecule has 124 valence electrons. The van der Waals surface area contributed by atoms with E-state index in [-0.39, 0.29) is 18.5 Å². The highest BCUT2D eigenvalue weighted by Gasteiger charge is 2.17. The zero-order valence-electron chi connectivity index (χ0n) is 13.5. The van der Waals surface area contributed by atoms with Gasteiger partial charge in [-0.3, -0.25) is 9.59 Å². The fourth-order valence-electron chi connectivity index (χ4n) is 2.50. The molecule has 0 atom stereocenters. The fourth-order valence-corrected chi connectivity index (χ4v) is 2.50. The number of carbonyl (C=O) groups is 2. The Morgan fingerprint density at radius 3 is 2.79 bits per heavy atom. The van der Waals surface area contributed by atoms with Crippen molar-refractivity contribution in [2.45, 2.75) is 26.2 Å². The summed E-state index contributed by atoms with van der Waals surface area (Å²) < 4.78 is 10.6. The highest BCUT2D eigenvalue weighted by Crippen LogP contribution is 2.31. The standard InChI is InChI=1S/C19H19NO4/c1-13-5-7-14(8-6-13)3-2-4-19(22)24-15-9-10-17-16(11-15)20-18(21)12-23-17/h5-11H,2-4,12H2,1H3,(H,20,21). The Bertz CT molecular complexity index is 752. The van der Waals surface area contributed by atoms with Crippen LogP contribution in [-0.4, -0.2) is 18.5 Å². The summed E-state index contributed by atoms with van der Waals surface area (Å²) in [4.78, 5) is 23.3. The molecule has 24 heavy (non-hydrogen) atoms. The minimum absolute atomic E-state index is 0.00510. The maximum absolute atomic E-state index is 11.9. The molecule has 0 saturated heterocycles. The average Bonchev–Trinajstić information content (AvgIpc) is 2.56. The van der Waals surface area contributed by atoms with E-state index in [0.717, 1.165) is 12.8 Å². The van der Waals surface area contributed by atoms with E-state index in [9.17, 15) is 9.59 Å². The van der Waals surface area contributed by atoms with Gasteiger partial charge in [-0.25, -0.2) is 0 Å². The van der Waals surface area contributed by atoms with Crippen LogP contribution in [0.4, 0.5) is 5.69 Å². The molecule has 1 aliphatic rings. The van der Waals surface area contributed by atoms with Gasteiger partial charge >= 0.3 is 5.97 Å². The van der Waals surface area contributed by atoms with Crippen molar-refractivity contribution < 1.29 is 19.1 Å². The molecule has 0 radical (unpaired) electrons. The topological polar surface area (TPSA) is 64.6 Å². The van der Waals surface area contributed by atoms with Crippen molar-refractivity contribution in [3.8, 4) is 11.5 Å². The zero-order chi connectivity index (χ0) is 16.9. The summed E-state index contributed by atoms with van der Waals surface area (Å²) in [6.45, 7) is 2.05. The Labute approximate surface area is 140 Å². The van der Waals surface area contributed by atoms with E-state index >= 15 is 0 Å². The van der Waals surface area contributed by atoms with E-state index in [4.69, 9.17) is 9.47 Å². The van der Waals surface area contributed by atoms with Crippen molar-refractivity contribution in [2.75, 3.05) is 11.9 Å². The molecule has 0 aromatic heterocycles. The van der Waals surface area contributed by atoms with Crippen LogP contribution in [0.2, 0.25) is 0 Å². The predicted molar refractivity (Wildman–Crippen MR) is 90.3 cm³/mol. The number of esters is 1. The first-order valence-electron chi connectivity index (χ1n) is 7.93. The van der Waals surface area contributed by atoms with Crippen LogP contribution in [0, 0.1) is 6.92 Å². The molecule has 0 fully saturated rings. The van der Waals surface area contributed by atoms with Crippen molar-refractivity contribution in [3.05, 3.63) is 53.6 Å². The van der Waals surface area contributed by atoms with Gasteiger partial charge in [-0.1, -0.05) is 29.8 Å². The molecule has 1 amide bonds. The molecule has 0 aliphatic carbocycles. The Kier molecular flexibility index (Phi) is 4.79. The first-order chi connectivity index (χ1) is 11.6. The molecule has 1 heterocycles. The van der Waals surface area contributed by atoms with Crippen LogP contribution >= 0.6 is 0 Å². The van der Waals surface area contributed by atoms with Gasteiger partial charge in [-0.15, -0.1) is 0 Å². The lowest BCUT2D eigenvalue weighted by Gasteiger charge is -2.18. The third-order valence-electron chi connectivity index (χ3n) is 3.78. The van der Waals surface area contributed by atoms with Crippen LogP contribution in [0.15, 0.2) is 42.5 Å². The van der Waals surface area contributed by atoms with Crippen LogP contribution in [0.3, 0.4) is 0 Å². The van der Waals surface area contributed by atoms with Crippen LogP contribution in [-0.2, 0) is 16.0 Å². The number of ether oxygens (including phenoxy) is 2. The molecule has 2 aromatic rings. The molecular weight excluding hydrogens is 306 g/mol. The second-order valence-electron chi connectivity index (χ2n) is 5.81. The Balaban J connectivity index is 1.50. The summed E-state index contributed by atoms with van der Waals surface area (Å²) in [5.74, 6) is 0.475. The van der Waals surface area contributed by atoms with Gasteiger partial charge in [0.25, 0.3) is 5.91 Å². The normalized spacial score (nSPS) is 12.8. The Hall–Kier alpha value is -2.82. The molecule has 0 bridgehead atoms. The largest absolute Gasteiger partial charge is 0.482 e. The lowest BCUT2D eigenvalue weighted by atomic mass is 10.1. The van der Waals surface area contributed by atoms with E-state index in [1.54, 1.807) is 18.2 Å². The van der Waals surface area contributed by atoms with Crippen molar-refractivity contribution >= 4 is 17.6 Å². The average molecular weight is 325 g/mol. The van der Waals surface area contributed by atoms with E-state index in [1.165, 1.54) is 11.1 Å². The third-order valence-corrected chi connectivity index (χ3v) is 3.78. The monoisotopic (exact) mass is 325 g/mol. The zero-order valence-corrected chi connectivity index (χ0v) is 13.5. The van der Waals surface area contributed by atoms with Gasteiger partial charge in [0.15, 0.2) is 6.61 Å². The maximum atomic E-state index is 11.9. The van der Waals surface area contributed by atoms with Crippen LogP contribution < -0.4 is 14.8 Å². The lowest BCUT2D eigenvalue weighted by Crippen LogP contribution is -2.25. The quantitative estimate of drug-likeness (QED) is 0.677. The Morgan fingerprint density at radius 1 is 1.21 bits per heavy atom. The van der Waals surface area contributed by atoms with Crippen molar-refractivity contribution in [1.82, 2.24) is 0 Å². The summed E-state index contributed by atoms with van der Waals surface area (Å²) in [6.07, 6.45) is 1.91. The summed E-state index contributed by atoms with van der Waals surface area (Å²) in [6, 6.07) is 13.2. The van der Waals surface area contributed by atoms with Crippen LogP contribution in [0.25, 0.3) is 0 Å². The first-order valence-corrected chi connectivity index (χ1v) is 7.93. The smallest absolute Gasteiger partial charge is 0.311 e. The number of amides is 1. The summed E-state index contributed by atoms with van der Waals surface area (Å²) in [5.41, 5.74) is 2.96. The number of anilines is 1. The number of fused-ring (bicyclic) bond motifs is 1. The molecule has 1 N–H and O–H groups in total. The highest BCUT2D eigenvalue weighted by atomic mass is 16.5. The molecule has 1 aliphatic heterocycles. The van der Waals surface area contributed by atoms with E-state index in [0.29, 0.717) is 23.6 Å². The highest BCUT2D eigenvalue weighted by molar-refractivity contribution is 5.95. The maximum Gasteiger partial charge on any atom is 0.311 e. The number of carbonyl (C=O) groups excluding carboxylic acids is 2. The summed E-state index contributed by atoms with van der Waals surface area (Å²) >= 11 is 0. The van der Waals surface area contributed by atoms with Crippen molar-refractivity contribution in [2.24, 2.45) is 0 Å². The third kappa shape index (κ3) is 4.13. The van der Waals surface area contributed by atoms with E-state index in [2.05, 4.69) is 29.6 Å². The SMILES string of the molecule is Cc1ccc(CCCC(=O)Oc2ccc3c(c2)NC(=O)CO3)cc1. The van der Waals surface area contributed by atoms with Crippen molar-refractivity contribution in [1.29, 1.82) is 0 Å². The molecule has 0 saturated carbocycles. The van der Waals surface area contributed by atoms with Crippen LogP contribution in [0.1, 0.15) is 24.0 Å². The van der Waals surface area contributed by atoms with Gasteiger partial charge in [-0.05, 0) is 37.5 Å². The molecule has 0 unspecified atom stereocenters. The van der Waals surface area contributed by atoms with Gasteiger partial charge in [0.1, 0.15) is 11.5 Å². The molecular formula is C19H19NO4. The minimum Gasteiger partial charge on any atom is -0.482 e. The first kappa shape index (κ1) is 16.1. The number of hydrogen-bond acceptors (Lipinski definition) is 4. The van der Waals surface area contributed by atoms with Gasteiger partial charge in [0.05, 0.1) is 5.69 Å². The van der Waals surface area contributed by atoms with Crippen molar-refractivity contribution in [3.63, 3.8) is 0 Å². The number of aryl methyl sites for hydroxylation is 2. The number of nitrogens with one attached hydrogen (secondary N) is 1. The Morgan fingerprint density at radius 2 is 2.00 bits per heavy atom. The van der Waals surface area contributed by atoms with E-state index < -0.39 is 0 Å². The predicted octanol–water partition coefficient (Wildman–Crippen LogP) is 3.25. The molecule has 5 heteroatoms. The molecule has 0 spiro atoms. The number of rotatable bonds is 5. The van der Waals surface area contributed by atoms with Gasteiger partial charge in [-0.2, -0.15) is 0 Å². The van der Waals surface area contributed by atoms with Crippen LogP contribution in [0.5, 0.6) is 11.5 Å². The second kappa shape index (κ2) is 7.17. The number of benzene rings is 2. The molecule has 3 rings (SSSR count).